The molecule has 1 atom stereocenters. The Kier molecular flexibility index (Phi) is 3.15. The van der Waals surface area contributed by atoms with Gasteiger partial charge in [0.25, 0.3) is 0 Å². The fourth-order valence-corrected chi connectivity index (χ4v) is 2.25. The molecule has 4 heteroatoms. The smallest absolute Gasteiger partial charge is 0.165 e. The molecule has 0 bridgehead atoms. The molecule has 0 spiro atoms. The molecule has 0 radical (unpaired) electrons. The Balaban J connectivity index is 2.30. The number of nitrogens with zero attached hydrogens (tertiary/aromatic N) is 1. The molecular weight excluding hydrogens is 229 g/mol. The predicted molar refractivity (Wildman–Crippen MR) is 62.5 cm³/mol. The van der Waals surface area contributed by atoms with Crippen LogP contribution in [0.15, 0.2) is 18.2 Å². The van der Waals surface area contributed by atoms with Crippen LogP contribution in [-0.4, -0.2) is 18.4 Å². The number of rotatable bonds is 1. The van der Waals surface area contributed by atoms with Crippen LogP contribution in [0.1, 0.15) is 19.8 Å². The van der Waals surface area contributed by atoms with Gasteiger partial charge >= 0.3 is 0 Å². The summed E-state index contributed by atoms with van der Waals surface area (Å²) in [5.41, 5.74) is 0.493. The summed E-state index contributed by atoms with van der Waals surface area (Å²) in [6.45, 7) is 2.49. The number of hydrogen-bond donors (Lipinski definition) is 0. The molecule has 0 aromatic heterocycles. The Hall–Kier alpha value is -1.09. The number of benzene rings is 1. The van der Waals surface area contributed by atoms with Gasteiger partial charge in [0.05, 0.1) is 10.7 Å². The summed E-state index contributed by atoms with van der Waals surface area (Å²) in [4.78, 5) is 13.2. The van der Waals surface area contributed by atoms with Crippen molar-refractivity contribution in [3.63, 3.8) is 0 Å². The standard InChI is InChI=1S/C12H13ClFNO/c1-8-7-9(16)5-6-15(8)11-4-2-3-10(13)12(11)14/h2-4,8H,5-7H2,1H3. The summed E-state index contributed by atoms with van der Waals surface area (Å²) in [6.07, 6.45) is 0.961. The third kappa shape index (κ3) is 2.05. The Morgan fingerprint density at radius 3 is 2.94 bits per heavy atom. The monoisotopic (exact) mass is 241 g/mol. The van der Waals surface area contributed by atoms with Crippen LogP contribution < -0.4 is 4.90 Å². The number of anilines is 1. The lowest BCUT2D eigenvalue weighted by Crippen LogP contribution is -2.41. The zero-order valence-corrected chi connectivity index (χ0v) is 9.80. The van der Waals surface area contributed by atoms with Crippen LogP contribution in [0.4, 0.5) is 10.1 Å². The maximum absolute atomic E-state index is 13.8. The number of carbonyl (C=O) groups is 1. The van der Waals surface area contributed by atoms with Crippen molar-refractivity contribution in [3.05, 3.63) is 29.0 Å². The van der Waals surface area contributed by atoms with Crippen LogP contribution in [0.5, 0.6) is 0 Å². The van der Waals surface area contributed by atoms with E-state index in [-0.39, 0.29) is 16.8 Å². The summed E-state index contributed by atoms with van der Waals surface area (Å²) in [5.74, 6) is -0.156. The first-order valence-corrected chi connectivity index (χ1v) is 5.69. The van der Waals surface area contributed by atoms with E-state index in [1.54, 1.807) is 12.1 Å². The molecule has 1 aliphatic heterocycles. The second-order valence-corrected chi connectivity index (χ2v) is 4.52. The van der Waals surface area contributed by atoms with Crippen LogP contribution in [-0.2, 0) is 4.79 Å². The highest BCUT2D eigenvalue weighted by Crippen LogP contribution is 2.29. The lowest BCUT2D eigenvalue weighted by Gasteiger charge is -2.34. The molecule has 1 saturated heterocycles. The zero-order valence-electron chi connectivity index (χ0n) is 9.04. The number of hydrogen-bond acceptors (Lipinski definition) is 2. The predicted octanol–water partition coefficient (Wildman–Crippen LogP) is 3.04. The molecule has 1 aromatic carbocycles. The molecule has 2 nitrogen and oxygen atoms in total. The van der Waals surface area contributed by atoms with Gasteiger partial charge in [0, 0.05) is 25.4 Å². The molecule has 0 aliphatic carbocycles. The van der Waals surface area contributed by atoms with Gasteiger partial charge in [0.2, 0.25) is 0 Å². The summed E-state index contributed by atoms with van der Waals surface area (Å²) < 4.78 is 13.8. The van der Waals surface area contributed by atoms with E-state index in [2.05, 4.69) is 0 Å². The van der Waals surface area contributed by atoms with Gasteiger partial charge in [-0.1, -0.05) is 17.7 Å². The quantitative estimate of drug-likeness (QED) is 0.753. The van der Waals surface area contributed by atoms with Crippen molar-refractivity contribution in [2.75, 3.05) is 11.4 Å². The maximum Gasteiger partial charge on any atom is 0.165 e. The Bertz CT molecular complexity index is 421. The molecule has 86 valence electrons. The Morgan fingerprint density at radius 1 is 1.50 bits per heavy atom. The molecule has 1 aromatic rings. The molecule has 0 N–H and O–H groups in total. The molecule has 2 rings (SSSR count). The minimum Gasteiger partial charge on any atom is -0.366 e. The molecule has 1 aliphatic rings. The van der Waals surface area contributed by atoms with Gasteiger partial charge in [-0.2, -0.15) is 0 Å². The highest BCUT2D eigenvalue weighted by molar-refractivity contribution is 6.31. The second kappa shape index (κ2) is 4.42. The van der Waals surface area contributed by atoms with Crippen molar-refractivity contribution in [1.29, 1.82) is 0 Å². The van der Waals surface area contributed by atoms with E-state index < -0.39 is 5.82 Å². The summed E-state index contributed by atoms with van der Waals surface area (Å²) >= 11 is 5.74. The van der Waals surface area contributed by atoms with Crippen molar-refractivity contribution < 1.29 is 9.18 Å². The van der Waals surface area contributed by atoms with E-state index in [1.165, 1.54) is 6.07 Å². The highest BCUT2D eigenvalue weighted by Gasteiger charge is 2.25. The van der Waals surface area contributed by atoms with E-state index in [9.17, 15) is 9.18 Å². The van der Waals surface area contributed by atoms with Crippen molar-refractivity contribution in [1.82, 2.24) is 0 Å². The number of Topliss-reactive ketones (excluding diaryl/α,β-unsaturated/α-hetero) is 1. The van der Waals surface area contributed by atoms with E-state index in [0.717, 1.165) is 0 Å². The van der Waals surface area contributed by atoms with Gasteiger partial charge in [0.15, 0.2) is 5.82 Å². The molecule has 1 heterocycles. The van der Waals surface area contributed by atoms with Crippen LogP contribution in [0, 0.1) is 5.82 Å². The average Bonchev–Trinajstić information content (AvgIpc) is 2.23. The lowest BCUT2D eigenvalue weighted by atomic mass is 10.0. The highest BCUT2D eigenvalue weighted by atomic mass is 35.5. The molecule has 16 heavy (non-hydrogen) atoms. The topological polar surface area (TPSA) is 20.3 Å². The van der Waals surface area contributed by atoms with Gasteiger partial charge in [-0.05, 0) is 19.1 Å². The largest absolute Gasteiger partial charge is 0.366 e. The summed E-state index contributed by atoms with van der Waals surface area (Å²) in [5, 5.41) is 0.126. The number of piperidine rings is 1. The van der Waals surface area contributed by atoms with Crippen molar-refractivity contribution in [3.8, 4) is 0 Å². The van der Waals surface area contributed by atoms with E-state index in [0.29, 0.717) is 25.1 Å². The first-order valence-electron chi connectivity index (χ1n) is 5.32. The van der Waals surface area contributed by atoms with Crippen molar-refractivity contribution >= 4 is 23.1 Å². The normalized spacial score (nSPS) is 21.3. The second-order valence-electron chi connectivity index (χ2n) is 4.11. The fraction of sp³-hybridized carbons (Fsp3) is 0.417. The average molecular weight is 242 g/mol. The number of carbonyl (C=O) groups excluding carboxylic acids is 1. The molecule has 1 unspecified atom stereocenters. The Morgan fingerprint density at radius 2 is 2.25 bits per heavy atom. The van der Waals surface area contributed by atoms with Crippen molar-refractivity contribution in [2.45, 2.75) is 25.8 Å². The molecule has 0 saturated carbocycles. The zero-order chi connectivity index (χ0) is 11.7. The lowest BCUT2D eigenvalue weighted by molar-refractivity contribution is -0.120. The van der Waals surface area contributed by atoms with Gasteiger partial charge < -0.3 is 4.90 Å². The minimum absolute atomic E-state index is 0.0363. The fourth-order valence-electron chi connectivity index (χ4n) is 2.08. The molecule has 1 fully saturated rings. The van der Waals surface area contributed by atoms with Crippen molar-refractivity contribution in [2.24, 2.45) is 0 Å². The van der Waals surface area contributed by atoms with Gasteiger partial charge in [-0.3, -0.25) is 4.79 Å². The third-order valence-corrected chi connectivity index (χ3v) is 3.22. The third-order valence-electron chi connectivity index (χ3n) is 2.93. The molecular formula is C12H13ClFNO. The minimum atomic E-state index is -0.398. The Labute approximate surface area is 99.0 Å². The van der Waals surface area contributed by atoms with Gasteiger partial charge in [-0.15, -0.1) is 0 Å². The molecule has 0 amide bonds. The first kappa shape index (κ1) is 11.4. The van der Waals surface area contributed by atoms with Crippen LogP contribution >= 0.6 is 11.6 Å². The van der Waals surface area contributed by atoms with Crippen LogP contribution in [0.2, 0.25) is 5.02 Å². The SMILES string of the molecule is CC1CC(=O)CCN1c1cccc(Cl)c1F. The van der Waals surface area contributed by atoms with Crippen LogP contribution in [0.3, 0.4) is 0 Å². The van der Waals surface area contributed by atoms with E-state index >= 15 is 0 Å². The number of ketones is 1. The van der Waals surface area contributed by atoms with Gasteiger partial charge in [0.1, 0.15) is 5.78 Å². The maximum atomic E-state index is 13.8. The van der Waals surface area contributed by atoms with Gasteiger partial charge in [-0.25, -0.2) is 4.39 Å². The number of halogens is 2. The van der Waals surface area contributed by atoms with E-state index in [4.69, 9.17) is 11.6 Å². The van der Waals surface area contributed by atoms with Crippen LogP contribution in [0.25, 0.3) is 0 Å². The first-order chi connectivity index (χ1) is 7.59. The van der Waals surface area contributed by atoms with E-state index in [1.807, 2.05) is 11.8 Å². The summed E-state index contributed by atoms with van der Waals surface area (Å²) in [7, 11) is 0. The summed E-state index contributed by atoms with van der Waals surface area (Å²) in [6, 6.07) is 4.99.